The molecule has 1 aromatic rings. The monoisotopic (exact) mass is 345 g/mol. The van der Waals surface area contributed by atoms with E-state index in [1.165, 1.54) is 4.31 Å². The highest BCUT2D eigenvalue weighted by molar-refractivity contribution is 7.92. The number of sulfonamides is 1. The second-order valence-electron chi connectivity index (χ2n) is 6.13. The lowest BCUT2D eigenvalue weighted by Gasteiger charge is -2.31. The Bertz CT molecular complexity index is 688. The van der Waals surface area contributed by atoms with E-state index in [0.717, 1.165) is 0 Å². The zero-order chi connectivity index (χ0) is 16.4. The van der Waals surface area contributed by atoms with Crippen LogP contribution in [-0.4, -0.2) is 45.2 Å². The predicted octanol–water partition coefficient (Wildman–Crippen LogP) is 1.91. The Balaban J connectivity index is 2.07. The Morgan fingerprint density at radius 2 is 1.59 bits per heavy atom. The van der Waals surface area contributed by atoms with Crippen molar-refractivity contribution in [2.24, 2.45) is 5.92 Å². The fraction of sp³-hybridized carbons (Fsp3) is 0.600. The van der Waals surface area contributed by atoms with Crippen LogP contribution in [0.3, 0.4) is 0 Å². The van der Waals surface area contributed by atoms with Gasteiger partial charge in [-0.05, 0) is 30.9 Å². The molecule has 2 rings (SSSR count). The van der Waals surface area contributed by atoms with Gasteiger partial charge in [0, 0.05) is 13.1 Å². The molecular formula is C15H23NO4S2. The molecule has 22 heavy (non-hydrogen) atoms. The van der Waals surface area contributed by atoms with Gasteiger partial charge in [-0.3, -0.25) is 0 Å². The molecule has 0 radical (unpaired) electrons. The van der Waals surface area contributed by atoms with Crippen LogP contribution < -0.4 is 0 Å². The van der Waals surface area contributed by atoms with Crippen molar-refractivity contribution in [2.45, 2.75) is 36.8 Å². The fourth-order valence-corrected chi connectivity index (χ4v) is 6.32. The highest BCUT2D eigenvalue weighted by atomic mass is 32.2. The van der Waals surface area contributed by atoms with Crippen LogP contribution in [0.1, 0.15) is 26.7 Å². The van der Waals surface area contributed by atoms with Crippen LogP contribution in [0.4, 0.5) is 0 Å². The molecule has 7 heteroatoms. The van der Waals surface area contributed by atoms with Crippen LogP contribution in [0.5, 0.6) is 0 Å². The second-order valence-corrected chi connectivity index (χ2v) is 10.4. The third kappa shape index (κ3) is 3.88. The number of rotatable bonds is 5. The number of hydrogen-bond donors (Lipinski definition) is 0. The normalized spacial score (nSPS) is 18.7. The minimum atomic E-state index is -3.38. The first-order valence-corrected chi connectivity index (χ1v) is 10.7. The van der Waals surface area contributed by atoms with Crippen molar-refractivity contribution < 1.29 is 16.8 Å². The second kappa shape index (κ2) is 6.68. The average molecular weight is 345 g/mol. The number of piperidine rings is 1. The number of sulfone groups is 1. The number of hydrogen-bond acceptors (Lipinski definition) is 4. The van der Waals surface area contributed by atoms with Crippen molar-refractivity contribution in [1.29, 1.82) is 0 Å². The van der Waals surface area contributed by atoms with E-state index in [9.17, 15) is 16.8 Å². The third-order valence-corrected chi connectivity index (χ3v) is 8.37. The van der Waals surface area contributed by atoms with E-state index in [1.54, 1.807) is 30.3 Å². The zero-order valence-electron chi connectivity index (χ0n) is 13.0. The number of benzene rings is 1. The van der Waals surface area contributed by atoms with Crippen LogP contribution in [0.15, 0.2) is 35.2 Å². The topological polar surface area (TPSA) is 71.5 Å². The molecular weight excluding hydrogens is 322 g/mol. The minimum absolute atomic E-state index is 0.0655. The van der Waals surface area contributed by atoms with Crippen LogP contribution in [0.25, 0.3) is 0 Å². The lowest BCUT2D eigenvalue weighted by molar-refractivity contribution is 0.343. The molecule has 0 spiro atoms. The minimum Gasteiger partial charge on any atom is -0.223 e. The van der Waals surface area contributed by atoms with E-state index in [2.05, 4.69) is 0 Å². The summed E-state index contributed by atoms with van der Waals surface area (Å²) >= 11 is 0. The molecule has 1 heterocycles. The Kier molecular flexibility index (Phi) is 5.29. The smallest absolute Gasteiger partial charge is 0.214 e. The maximum Gasteiger partial charge on any atom is 0.214 e. The molecule has 0 amide bonds. The fourth-order valence-electron chi connectivity index (χ4n) is 2.75. The summed E-state index contributed by atoms with van der Waals surface area (Å²) in [5, 5.41) is -0.500. The molecule has 0 unspecified atom stereocenters. The van der Waals surface area contributed by atoms with Gasteiger partial charge >= 0.3 is 0 Å². The first-order chi connectivity index (χ1) is 10.2. The van der Waals surface area contributed by atoms with Gasteiger partial charge in [-0.15, -0.1) is 0 Å². The molecule has 1 fully saturated rings. The molecule has 1 aliphatic rings. The van der Waals surface area contributed by atoms with Crippen LogP contribution in [0.2, 0.25) is 0 Å². The first-order valence-electron chi connectivity index (χ1n) is 7.50. The summed E-state index contributed by atoms with van der Waals surface area (Å²) in [6.07, 6.45) is 0.711. The van der Waals surface area contributed by atoms with Gasteiger partial charge in [0.1, 0.15) is 0 Å². The Morgan fingerprint density at radius 1 is 1.05 bits per heavy atom. The van der Waals surface area contributed by atoms with E-state index in [0.29, 0.717) is 17.7 Å². The lowest BCUT2D eigenvalue weighted by atomic mass is 10.2. The highest BCUT2D eigenvalue weighted by Gasteiger charge is 2.35. The lowest BCUT2D eigenvalue weighted by Crippen LogP contribution is -2.43. The highest BCUT2D eigenvalue weighted by Crippen LogP contribution is 2.26. The molecule has 5 nitrogen and oxygen atoms in total. The quantitative estimate of drug-likeness (QED) is 0.817. The summed E-state index contributed by atoms with van der Waals surface area (Å²) in [5.74, 6) is 0.180. The molecule has 0 N–H and O–H groups in total. The molecule has 124 valence electrons. The molecule has 0 aromatic heterocycles. The van der Waals surface area contributed by atoms with Crippen molar-refractivity contribution in [3.63, 3.8) is 0 Å². The standard InChI is InChI=1S/C15H23NO4S2/c1-13(2)12-21(17,18)16-10-8-15(9-11-16)22(19,20)14-6-4-3-5-7-14/h3-7,13,15H,8-12H2,1-2H3. The summed E-state index contributed by atoms with van der Waals surface area (Å²) in [4.78, 5) is 0.318. The van der Waals surface area contributed by atoms with Crippen LogP contribution in [0, 0.1) is 5.92 Å². The van der Waals surface area contributed by atoms with E-state index in [4.69, 9.17) is 0 Å². The van der Waals surface area contributed by atoms with Crippen molar-refractivity contribution in [2.75, 3.05) is 18.8 Å². The van der Waals surface area contributed by atoms with Gasteiger partial charge < -0.3 is 0 Å². The summed E-state index contributed by atoms with van der Waals surface area (Å²) in [7, 11) is -6.65. The van der Waals surface area contributed by atoms with E-state index in [-0.39, 0.29) is 24.8 Å². The Hall–Kier alpha value is -0.920. The summed E-state index contributed by atoms with van der Waals surface area (Å²) in [5.41, 5.74) is 0. The van der Waals surface area contributed by atoms with E-state index >= 15 is 0 Å². The summed E-state index contributed by atoms with van der Waals surface area (Å²) in [6.45, 7) is 4.30. The largest absolute Gasteiger partial charge is 0.223 e. The van der Waals surface area contributed by atoms with Crippen molar-refractivity contribution >= 4 is 19.9 Å². The van der Waals surface area contributed by atoms with Crippen molar-refractivity contribution in [1.82, 2.24) is 4.31 Å². The first kappa shape index (κ1) is 17.4. The van der Waals surface area contributed by atoms with Crippen molar-refractivity contribution in [3.8, 4) is 0 Å². The molecule has 1 saturated heterocycles. The van der Waals surface area contributed by atoms with Gasteiger partial charge in [-0.2, -0.15) is 0 Å². The predicted molar refractivity (Wildman–Crippen MR) is 86.8 cm³/mol. The Labute approximate surface area is 133 Å². The maximum absolute atomic E-state index is 12.6. The molecule has 1 aliphatic heterocycles. The molecule has 0 bridgehead atoms. The third-order valence-electron chi connectivity index (χ3n) is 3.85. The average Bonchev–Trinajstić information content (AvgIpc) is 2.47. The van der Waals surface area contributed by atoms with Crippen molar-refractivity contribution in [3.05, 3.63) is 30.3 Å². The number of nitrogens with zero attached hydrogens (tertiary/aromatic N) is 1. The molecule has 0 aliphatic carbocycles. The SMILES string of the molecule is CC(C)CS(=O)(=O)N1CCC(S(=O)(=O)c2ccccc2)CC1. The van der Waals surface area contributed by atoms with Gasteiger partial charge in [-0.1, -0.05) is 32.0 Å². The molecule has 0 atom stereocenters. The Morgan fingerprint density at radius 3 is 2.09 bits per heavy atom. The van der Waals surface area contributed by atoms with E-state index < -0.39 is 25.1 Å². The van der Waals surface area contributed by atoms with Crippen LogP contribution >= 0.6 is 0 Å². The maximum atomic E-state index is 12.6. The van der Waals surface area contributed by atoms with Gasteiger partial charge in [-0.25, -0.2) is 21.1 Å². The summed E-state index contributed by atoms with van der Waals surface area (Å²) in [6, 6.07) is 8.37. The van der Waals surface area contributed by atoms with Gasteiger partial charge in [0.05, 0.1) is 15.9 Å². The van der Waals surface area contributed by atoms with Crippen LogP contribution in [-0.2, 0) is 19.9 Å². The van der Waals surface area contributed by atoms with Gasteiger partial charge in [0.15, 0.2) is 9.84 Å². The van der Waals surface area contributed by atoms with Gasteiger partial charge in [0.25, 0.3) is 0 Å². The molecule has 1 aromatic carbocycles. The van der Waals surface area contributed by atoms with E-state index in [1.807, 2.05) is 13.8 Å². The summed E-state index contributed by atoms with van der Waals surface area (Å²) < 4.78 is 50.9. The zero-order valence-corrected chi connectivity index (χ0v) is 14.6. The molecule has 0 saturated carbocycles. The van der Waals surface area contributed by atoms with Gasteiger partial charge in [0.2, 0.25) is 10.0 Å².